The summed E-state index contributed by atoms with van der Waals surface area (Å²) in [7, 11) is 1.46. The Morgan fingerprint density at radius 2 is 1.65 bits per heavy atom. The summed E-state index contributed by atoms with van der Waals surface area (Å²) in [6, 6.07) is 29.2. The number of nitrogens with one attached hydrogen (secondary N) is 3. The topological polar surface area (TPSA) is 114 Å². The Balaban J connectivity index is 1.16. The number of thiazole rings is 1. The molecule has 5 rings (SSSR count). The molecule has 0 bridgehead atoms. The molecule has 11 heteroatoms. The van der Waals surface area contributed by atoms with E-state index in [0.29, 0.717) is 22.6 Å². The fraction of sp³-hybridized carbons (Fsp3) is 0.0625. The minimum absolute atomic E-state index is 0.219. The maximum atomic E-state index is 12.7. The van der Waals surface area contributed by atoms with Crippen LogP contribution in [0.4, 0.5) is 16.5 Å². The highest BCUT2D eigenvalue weighted by atomic mass is 35.5. The summed E-state index contributed by atoms with van der Waals surface area (Å²) < 4.78 is 11.0. The number of anilines is 3. The van der Waals surface area contributed by atoms with E-state index in [1.807, 2.05) is 66.0 Å². The molecule has 1 aromatic heterocycles. The Labute approximate surface area is 257 Å². The highest BCUT2D eigenvalue weighted by Gasteiger charge is 2.14. The fourth-order valence-corrected chi connectivity index (χ4v) is 4.96. The quantitative estimate of drug-likeness (QED) is 0.109. The van der Waals surface area contributed by atoms with Gasteiger partial charge in [0.2, 0.25) is 0 Å². The van der Waals surface area contributed by atoms with Gasteiger partial charge in [-0.25, -0.2) is 10.4 Å². The van der Waals surface area contributed by atoms with Gasteiger partial charge in [-0.2, -0.15) is 5.10 Å². The van der Waals surface area contributed by atoms with Crippen molar-refractivity contribution >= 4 is 57.5 Å². The second kappa shape index (κ2) is 14.1. The van der Waals surface area contributed by atoms with Crippen molar-refractivity contribution in [1.29, 1.82) is 0 Å². The molecule has 0 aliphatic heterocycles. The van der Waals surface area contributed by atoms with Gasteiger partial charge in [-0.05, 0) is 54.1 Å². The first kappa shape index (κ1) is 29.3. The second-order valence-electron chi connectivity index (χ2n) is 9.04. The summed E-state index contributed by atoms with van der Waals surface area (Å²) in [6.07, 6.45) is 1.43. The molecule has 3 N–H and O–H groups in total. The molecule has 0 saturated heterocycles. The average molecular weight is 612 g/mol. The van der Waals surface area contributed by atoms with E-state index in [4.69, 9.17) is 21.1 Å². The van der Waals surface area contributed by atoms with Crippen molar-refractivity contribution in [1.82, 2.24) is 10.4 Å². The number of ether oxygens (including phenoxy) is 2. The zero-order valence-electron chi connectivity index (χ0n) is 22.9. The van der Waals surface area contributed by atoms with E-state index in [1.165, 1.54) is 24.7 Å². The molecule has 1 heterocycles. The number of hydrogen-bond donors (Lipinski definition) is 3. The molecule has 0 unspecified atom stereocenters. The van der Waals surface area contributed by atoms with Gasteiger partial charge in [0.25, 0.3) is 11.8 Å². The fourth-order valence-electron chi connectivity index (χ4n) is 3.94. The van der Waals surface area contributed by atoms with E-state index in [9.17, 15) is 9.59 Å². The Morgan fingerprint density at radius 1 is 0.953 bits per heavy atom. The first-order chi connectivity index (χ1) is 21.0. The van der Waals surface area contributed by atoms with Crippen LogP contribution in [0.2, 0.25) is 5.02 Å². The molecular formula is C32H26ClN5O4S. The van der Waals surface area contributed by atoms with Gasteiger partial charge in [-0.15, -0.1) is 11.3 Å². The molecule has 0 aliphatic carbocycles. The van der Waals surface area contributed by atoms with Crippen molar-refractivity contribution in [3.05, 3.63) is 119 Å². The minimum Gasteiger partial charge on any atom is -0.493 e. The van der Waals surface area contributed by atoms with Crippen LogP contribution in [-0.2, 0) is 4.79 Å². The number of methoxy groups -OCH3 is 1. The molecule has 43 heavy (non-hydrogen) atoms. The van der Waals surface area contributed by atoms with Crippen molar-refractivity contribution in [3.63, 3.8) is 0 Å². The number of hydrazone groups is 1. The number of carbonyl (C=O) groups excluding carboxylic acids is 2. The molecule has 5 aromatic rings. The zero-order valence-corrected chi connectivity index (χ0v) is 24.5. The van der Waals surface area contributed by atoms with Crippen molar-refractivity contribution in [2.24, 2.45) is 5.10 Å². The molecular weight excluding hydrogens is 586 g/mol. The van der Waals surface area contributed by atoms with Crippen LogP contribution in [0.25, 0.3) is 11.3 Å². The van der Waals surface area contributed by atoms with E-state index in [-0.39, 0.29) is 29.2 Å². The summed E-state index contributed by atoms with van der Waals surface area (Å²) in [5, 5.41) is 13.0. The molecule has 216 valence electrons. The van der Waals surface area contributed by atoms with Crippen molar-refractivity contribution in [2.45, 2.75) is 0 Å². The Bertz CT molecular complexity index is 1730. The number of para-hydroxylation sites is 2. The minimum atomic E-state index is -0.380. The van der Waals surface area contributed by atoms with Gasteiger partial charge in [0.15, 0.2) is 23.2 Å². The Hall–Kier alpha value is -5.19. The van der Waals surface area contributed by atoms with Crippen LogP contribution in [0.1, 0.15) is 15.9 Å². The predicted octanol–water partition coefficient (Wildman–Crippen LogP) is 7.00. The summed E-state index contributed by atoms with van der Waals surface area (Å²) >= 11 is 7.91. The molecule has 2 amide bonds. The number of hydrogen-bond acceptors (Lipinski definition) is 8. The molecule has 0 fully saturated rings. The molecule has 0 spiro atoms. The van der Waals surface area contributed by atoms with Crippen LogP contribution < -0.4 is 25.5 Å². The smallest absolute Gasteiger partial charge is 0.271 e. The van der Waals surface area contributed by atoms with Gasteiger partial charge >= 0.3 is 0 Å². The summed E-state index contributed by atoms with van der Waals surface area (Å²) in [5.41, 5.74) is 6.82. The molecule has 4 aromatic carbocycles. The normalized spacial score (nSPS) is 10.7. The van der Waals surface area contributed by atoms with Gasteiger partial charge in [-0.1, -0.05) is 60.1 Å². The molecule has 0 aliphatic rings. The molecule has 9 nitrogen and oxygen atoms in total. The number of benzene rings is 4. The number of nitrogens with zero attached hydrogens (tertiary/aromatic N) is 2. The van der Waals surface area contributed by atoms with Gasteiger partial charge < -0.3 is 20.1 Å². The van der Waals surface area contributed by atoms with Crippen LogP contribution in [0, 0.1) is 0 Å². The maximum Gasteiger partial charge on any atom is 0.271 e. The number of carbonyl (C=O) groups is 2. The second-order valence-corrected chi connectivity index (χ2v) is 10.3. The van der Waals surface area contributed by atoms with Gasteiger partial charge in [0, 0.05) is 27.9 Å². The number of halogens is 1. The zero-order chi connectivity index (χ0) is 30.0. The third-order valence-electron chi connectivity index (χ3n) is 6.01. The van der Waals surface area contributed by atoms with E-state index >= 15 is 0 Å². The highest BCUT2D eigenvalue weighted by Crippen LogP contribution is 2.36. The van der Waals surface area contributed by atoms with Gasteiger partial charge in [0.1, 0.15) is 0 Å². The SMILES string of the molecule is COc1cc(/C=N/NC(=O)c2ccc(-c3csc(Nc4ccccc4)n3)cc2)cc(Cl)c1OCC(=O)Nc1ccccc1. The lowest BCUT2D eigenvalue weighted by Crippen LogP contribution is -2.20. The van der Waals surface area contributed by atoms with Crippen molar-refractivity contribution in [3.8, 4) is 22.8 Å². The average Bonchev–Trinajstić information content (AvgIpc) is 3.49. The standard InChI is InChI=1S/C32H26ClN5O4S/c1-41-28-17-21(16-26(33)30(28)42-19-29(39)35-24-8-4-2-5-9-24)18-34-38-31(40)23-14-12-22(13-15-23)27-20-43-32(37-27)36-25-10-6-3-7-11-25/h2-18,20H,19H2,1H3,(H,35,39)(H,36,37)(H,38,40)/b34-18+. The number of aromatic nitrogens is 1. The third kappa shape index (κ3) is 7.97. The van der Waals surface area contributed by atoms with Crippen molar-refractivity contribution < 1.29 is 19.1 Å². The van der Waals surface area contributed by atoms with Crippen LogP contribution in [0.5, 0.6) is 11.5 Å². The Morgan fingerprint density at radius 3 is 2.35 bits per heavy atom. The first-order valence-electron chi connectivity index (χ1n) is 13.0. The van der Waals surface area contributed by atoms with Crippen LogP contribution >= 0.6 is 22.9 Å². The summed E-state index contributed by atoms with van der Waals surface area (Å²) in [6.45, 7) is -0.262. The third-order valence-corrected chi connectivity index (χ3v) is 7.05. The highest BCUT2D eigenvalue weighted by molar-refractivity contribution is 7.14. The largest absolute Gasteiger partial charge is 0.493 e. The van der Waals surface area contributed by atoms with E-state index < -0.39 is 0 Å². The van der Waals surface area contributed by atoms with Gasteiger partial charge in [-0.3, -0.25) is 9.59 Å². The maximum absolute atomic E-state index is 12.7. The van der Waals surface area contributed by atoms with Gasteiger partial charge in [0.05, 0.1) is 24.0 Å². The number of rotatable bonds is 11. The van der Waals surface area contributed by atoms with Crippen LogP contribution in [-0.4, -0.2) is 36.7 Å². The lowest BCUT2D eigenvalue weighted by atomic mass is 10.1. The van der Waals surface area contributed by atoms with Crippen molar-refractivity contribution in [2.75, 3.05) is 24.4 Å². The van der Waals surface area contributed by atoms with Crippen LogP contribution in [0.3, 0.4) is 0 Å². The summed E-state index contributed by atoms with van der Waals surface area (Å²) in [5.74, 6) is -0.193. The van der Waals surface area contributed by atoms with Crippen LogP contribution in [0.15, 0.2) is 108 Å². The first-order valence-corrected chi connectivity index (χ1v) is 14.3. The van der Waals surface area contributed by atoms with E-state index in [1.54, 1.807) is 36.4 Å². The molecule has 0 radical (unpaired) electrons. The lowest BCUT2D eigenvalue weighted by molar-refractivity contribution is -0.118. The lowest BCUT2D eigenvalue weighted by Gasteiger charge is -2.13. The van der Waals surface area contributed by atoms with E-state index in [0.717, 1.165) is 22.1 Å². The number of amides is 2. The molecule has 0 atom stereocenters. The predicted molar refractivity (Wildman–Crippen MR) is 171 cm³/mol. The summed E-state index contributed by atoms with van der Waals surface area (Å²) in [4.78, 5) is 29.5. The van der Waals surface area contributed by atoms with E-state index in [2.05, 4.69) is 26.1 Å². The molecule has 0 saturated carbocycles. The monoisotopic (exact) mass is 611 g/mol. The Kier molecular flexibility index (Phi) is 9.63.